The molecule has 1 atom stereocenters. The number of benzene rings is 1. The van der Waals surface area contributed by atoms with Gasteiger partial charge in [-0.2, -0.15) is 0 Å². The second-order valence-corrected chi connectivity index (χ2v) is 4.39. The van der Waals surface area contributed by atoms with E-state index in [4.69, 9.17) is 10.8 Å². The standard InChI is InChI=1S/C14H12N4O2/c15-12(14(19)20)8-4-5-9-11(7-8)18-13(17-9)10-3-1-2-6-16-10/h1-7,12H,15H2,(H,17,18)(H,19,20). The highest BCUT2D eigenvalue weighted by molar-refractivity contribution is 5.82. The summed E-state index contributed by atoms with van der Waals surface area (Å²) in [5, 5.41) is 8.93. The van der Waals surface area contributed by atoms with Gasteiger partial charge in [-0.25, -0.2) is 4.98 Å². The lowest BCUT2D eigenvalue weighted by atomic mass is 10.1. The number of aromatic amines is 1. The van der Waals surface area contributed by atoms with Gasteiger partial charge >= 0.3 is 5.97 Å². The molecule has 6 nitrogen and oxygen atoms in total. The van der Waals surface area contributed by atoms with Crippen molar-refractivity contribution >= 4 is 17.0 Å². The lowest BCUT2D eigenvalue weighted by molar-refractivity contribution is -0.138. The number of H-pyrrole nitrogens is 1. The maximum Gasteiger partial charge on any atom is 0.325 e. The van der Waals surface area contributed by atoms with E-state index in [9.17, 15) is 4.79 Å². The Kier molecular flexibility index (Phi) is 2.92. The normalized spacial score (nSPS) is 12.4. The number of pyridine rings is 1. The zero-order valence-corrected chi connectivity index (χ0v) is 10.4. The highest BCUT2D eigenvalue weighted by atomic mass is 16.4. The highest BCUT2D eigenvalue weighted by Crippen LogP contribution is 2.21. The average Bonchev–Trinajstić information content (AvgIpc) is 2.90. The van der Waals surface area contributed by atoms with Crippen LogP contribution in [-0.2, 0) is 4.79 Å². The number of carboxylic acids is 1. The SMILES string of the molecule is NC(C(=O)O)c1ccc2nc(-c3ccccn3)[nH]c2c1. The van der Waals surface area contributed by atoms with Crippen LogP contribution >= 0.6 is 0 Å². The fourth-order valence-corrected chi connectivity index (χ4v) is 1.99. The number of carbonyl (C=O) groups is 1. The van der Waals surface area contributed by atoms with Crippen LogP contribution in [0.3, 0.4) is 0 Å². The van der Waals surface area contributed by atoms with Gasteiger partial charge in [0, 0.05) is 6.20 Å². The maximum absolute atomic E-state index is 10.9. The van der Waals surface area contributed by atoms with E-state index in [0.717, 1.165) is 16.7 Å². The molecule has 0 bridgehead atoms. The van der Waals surface area contributed by atoms with E-state index < -0.39 is 12.0 Å². The van der Waals surface area contributed by atoms with Gasteiger partial charge in [-0.1, -0.05) is 12.1 Å². The number of imidazole rings is 1. The third kappa shape index (κ3) is 2.12. The summed E-state index contributed by atoms with van der Waals surface area (Å²) in [6.45, 7) is 0. The van der Waals surface area contributed by atoms with Crippen LogP contribution in [0.15, 0.2) is 42.6 Å². The zero-order chi connectivity index (χ0) is 14.1. The van der Waals surface area contributed by atoms with Crippen LogP contribution in [0.1, 0.15) is 11.6 Å². The van der Waals surface area contributed by atoms with E-state index in [1.807, 2.05) is 18.2 Å². The van der Waals surface area contributed by atoms with E-state index in [1.165, 1.54) is 0 Å². The lowest BCUT2D eigenvalue weighted by Gasteiger charge is -2.05. The number of fused-ring (bicyclic) bond motifs is 1. The first kappa shape index (κ1) is 12.3. The molecule has 1 unspecified atom stereocenters. The van der Waals surface area contributed by atoms with Crippen LogP contribution in [-0.4, -0.2) is 26.0 Å². The number of hydrogen-bond donors (Lipinski definition) is 3. The van der Waals surface area contributed by atoms with Gasteiger partial charge in [0.05, 0.1) is 11.0 Å². The molecule has 0 amide bonds. The predicted octanol–water partition coefficient (Wildman–Crippen LogP) is 1.71. The number of carboxylic acid groups (broad SMARTS) is 1. The van der Waals surface area contributed by atoms with Gasteiger partial charge in [-0.15, -0.1) is 0 Å². The predicted molar refractivity (Wildman–Crippen MR) is 73.9 cm³/mol. The molecule has 2 heterocycles. The molecule has 0 aliphatic heterocycles. The van der Waals surface area contributed by atoms with Crippen LogP contribution < -0.4 is 5.73 Å². The van der Waals surface area contributed by atoms with E-state index in [-0.39, 0.29) is 0 Å². The van der Waals surface area contributed by atoms with E-state index in [2.05, 4.69) is 15.0 Å². The number of rotatable bonds is 3. The monoisotopic (exact) mass is 268 g/mol. The molecule has 1 aromatic carbocycles. The molecule has 4 N–H and O–H groups in total. The lowest BCUT2D eigenvalue weighted by Crippen LogP contribution is -2.20. The molecule has 0 radical (unpaired) electrons. The van der Waals surface area contributed by atoms with Gasteiger partial charge in [-0.05, 0) is 29.8 Å². The smallest absolute Gasteiger partial charge is 0.325 e. The minimum absolute atomic E-state index is 0.529. The first-order valence-corrected chi connectivity index (χ1v) is 6.04. The van der Waals surface area contributed by atoms with Gasteiger partial charge in [0.25, 0.3) is 0 Å². The summed E-state index contributed by atoms with van der Waals surface area (Å²) in [6.07, 6.45) is 1.69. The quantitative estimate of drug-likeness (QED) is 0.670. The van der Waals surface area contributed by atoms with Crippen molar-refractivity contribution in [3.05, 3.63) is 48.2 Å². The van der Waals surface area contributed by atoms with Gasteiger partial charge in [-0.3, -0.25) is 9.78 Å². The number of aliphatic carboxylic acids is 1. The Bertz CT molecular complexity index is 767. The minimum Gasteiger partial charge on any atom is -0.480 e. The maximum atomic E-state index is 10.9. The fourth-order valence-electron chi connectivity index (χ4n) is 1.99. The first-order valence-electron chi connectivity index (χ1n) is 6.04. The average molecular weight is 268 g/mol. The van der Waals surface area contributed by atoms with Gasteiger partial charge in [0.2, 0.25) is 0 Å². The zero-order valence-electron chi connectivity index (χ0n) is 10.4. The minimum atomic E-state index is -1.06. The van der Waals surface area contributed by atoms with Gasteiger partial charge < -0.3 is 15.8 Å². The van der Waals surface area contributed by atoms with Crippen LogP contribution in [0.2, 0.25) is 0 Å². The van der Waals surface area contributed by atoms with E-state index in [0.29, 0.717) is 11.4 Å². The molecule has 20 heavy (non-hydrogen) atoms. The molecular weight excluding hydrogens is 256 g/mol. The summed E-state index contributed by atoms with van der Waals surface area (Å²) in [5.41, 5.74) is 8.34. The summed E-state index contributed by atoms with van der Waals surface area (Å²) < 4.78 is 0. The summed E-state index contributed by atoms with van der Waals surface area (Å²) in [4.78, 5) is 22.7. The van der Waals surface area contributed by atoms with Crippen molar-refractivity contribution in [3.63, 3.8) is 0 Å². The van der Waals surface area contributed by atoms with Crippen molar-refractivity contribution in [2.24, 2.45) is 5.73 Å². The Hall–Kier alpha value is -2.73. The third-order valence-corrected chi connectivity index (χ3v) is 3.04. The molecule has 6 heteroatoms. The van der Waals surface area contributed by atoms with Crippen LogP contribution in [0, 0.1) is 0 Å². The second-order valence-electron chi connectivity index (χ2n) is 4.39. The molecule has 3 aromatic rings. The highest BCUT2D eigenvalue weighted by Gasteiger charge is 2.15. The summed E-state index contributed by atoms with van der Waals surface area (Å²) in [6, 6.07) is 9.63. The number of nitrogens with zero attached hydrogens (tertiary/aromatic N) is 2. The number of aromatic nitrogens is 3. The topological polar surface area (TPSA) is 105 Å². The number of nitrogens with two attached hydrogens (primary N) is 1. The van der Waals surface area contributed by atoms with Crippen LogP contribution in [0.25, 0.3) is 22.6 Å². The second kappa shape index (κ2) is 4.75. The van der Waals surface area contributed by atoms with E-state index >= 15 is 0 Å². The summed E-state index contributed by atoms with van der Waals surface area (Å²) >= 11 is 0. The molecule has 0 saturated carbocycles. The molecule has 0 spiro atoms. The van der Waals surface area contributed by atoms with Crippen molar-refractivity contribution < 1.29 is 9.90 Å². The van der Waals surface area contributed by atoms with Crippen molar-refractivity contribution in [2.75, 3.05) is 0 Å². The number of nitrogens with one attached hydrogen (secondary N) is 1. The molecule has 2 aromatic heterocycles. The van der Waals surface area contributed by atoms with E-state index in [1.54, 1.807) is 24.4 Å². The van der Waals surface area contributed by atoms with Crippen molar-refractivity contribution in [3.8, 4) is 11.5 Å². The third-order valence-electron chi connectivity index (χ3n) is 3.04. The number of hydrogen-bond acceptors (Lipinski definition) is 4. The molecule has 100 valence electrons. The van der Waals surface area contributed by atoms with Crippen molar-refractivity contribution in [1.29, 1.82) is 0 Å². The van der Waals surface area contributed by atoms with Crippen LogP contribution in [0.5, 0.6) is 0 Å². The summed E-state index contributed by atoms with van der Waals surface area (Å²) in [5.74, 6) is -0.421. The Balaban J connectivity index is 2.06. The Morgan fingerprint density at radius 1 is 1.30 bits per heavy atom. The van der Waals surface area contributed by atoms with Gasteiger partial charge in [0.1, 0.15) is 11.7 Å². The van der Waals surface area contributed by atoms with Crippen molar-refractivity contribution in [2.45, 2.75) is 6.04 Å². The molecule has 0 fully saturated rings. The molecule has 0 aliphatic rings. The molecule has 0 saturated heterocycles. The Morgan fingerprint density at radius 2 is 2.15 bits per heavy atom. The Morgan fingerprint density at radius 3 is 2.85 bits per heavy atom. The fraction of sp³-hybridized carbons (Fsp3) is 0.0714. The van der Waals surface area contributed by atoms with Crippen LogP contribution in [0.4, 0.5) is 0 Å². The largest absolute Gasteiger partial charge is 0.480 e. The Labute approximate surface area is 114 Å². The van der Waals surface area contributed by atoms with Gasteiger partial charge in [0.15, 0.2) is 5.82 Å². The molecular formula is C14H12N4O2. The first-order chi connectivity index (χ1) is 9.65. The molecule has 0 aliphatic carbocycles. The van der Waals surface area contributed by atoms with Crippen molar-refractivity contribution in [1.82, 2.24) is 15.0 Å². The molecule has 3 rings (SSSR count). The summed E-state index contributed by atoms with van der Waals surface area (Å²) in [7, 11) is 0.